The van der Waals surface area contributed by atoms with E-state index in [0.717, 1.165) is 0 Å². The molecule has 0 unspecified atom stereocenters. The number of benzene rings is 11. The van der Waals surface area contributed by atoms with Crippen molar-refractivity contribution in [1.82, 2.24) is 0 Å². The minimum atomic E-state index is -0.487. The number of hydrogen-bond donors (Lipinski definition) is 0. The van der Waals surface area contributed by atoms with Crippen LogP contribution in [0.5, 0.6) is 0 Å². The Labute approximate surface area is 355 Å². The van der Waals surface area contributed by atoms with Gasteiger partial charge in [0.25, 0.3) is 0 Å². The molecule has 11 aromatic rings. The van der Waals surface area contributed by atoms with Crippen LogP contribution in [0.2, 0.25) is 0 Å². The molecule has 282 valence electrons. The third-order valence-electron chi connectivity index (χ3n) is 13.7. The van der Waals surface area contributed by atoms with Crippen LogP contribution in [0.15, 0.2) is 231 Å². The predicted molar refractivity (Wildman–Crippen MR) is 257 cm³/mol. The molecule has 0 radical (unpaired) electrons. The summed E-state index contributed by atoms with van der Waals surface area (Å²) in [4.78, 5) is 0. The fourth-order valence-corrected chi connectivity index (χ4v) is 11.2. The first kappa shape index (κ1) is 34.1. The van der Waals surface area contributed by atoms with Crippen molar-refractivity contribution >= 4 is 32.3 Å². The number of fused-ring (bicyclic) bond motifs is 14. The first-order chi connectivity index (χ1) is 30.3. The second-order valence-electron chi connectivity index (χ2n) is 16.7. The van der Waals surface area contributed by atoms with Gasteiger partial charge in [0.2, 0.25) is 0 Å². The van der Waals surface area contributed by atoms with Gasteiger partial charge >= 0.3 is 0 Å². The Bertz CT molecular complexity index is 3530. The zero-order valence-electron chi connectivity index (χ0n) is 33.4. The van der Waals surface area contributed by atoms with Crippen molar-refractivity contribution in [3.8, 4) is 66.8 Å². The van der Waals surface area contributed by atoms with E-state index in [1.165, 1.54) is 121 Å². The molecular weight excluding hydrogens is 733 g/mol. The van der Waals surface area contributed by atoms with Gasteiger partial charge in [-0.05, 0) is 133 Å². The predicted octanol–water partition coefficient (Wildman–Crippen LogP) is 16.2. The Hall–Kier alpha value is -7.80. The Morgan fingerprint density at radius 3 is 1.15 bits per heavy atom. The average Bonchev–Trinajstić information content (AvgIpc) is 3.81. The topological polar surface area (TPSA) is 0 Å². The zero-order chi connectivity index (χ0) is 40.1. The standard InChI is InChI=1S/C61H38/c1-3-15-39(16-4-1)44-33-35-46(51-21-9-7-19-49(44)51)41-27-30-48-42(37-41)29-32-56-55-31-28-43(47-36-34-45(40-17-5-2-6-18-40)50-20-8-10-22-52(47)50)38-59(55)61(60(48)56)57-25-13-11-23-53(57)54-24-12-14-26-58(54)61/h1-38H. The minimum Gasteiger partial charge on any atom is -0.0622 e. The molecule has 0 fully saturated rings. The highest BCUT2D eigenvalue weighted by molar-refractivity contribution is 6.10. The van der Waals surface area contributed by atoms with Crippen molar-refractivity contribution in [3.63, 3.8) is 0 Å². The molecule has 0 N–H and O–H groups in total. The van der Waals surface area contributed by atoms with E-state index in [-0.39, 0.29) is 0 Å². The molecule has 0 aliphatic heterocycles. The van der Waals surface area contributed by atoms with Crippen molar-refractivity contribution in [2.75, 3.05) is 0 Å². The molecule has 11 aromatic carbocycles. The molecule has 0 heteroatoms. The molecule has 0 bridgehead atoms. The normalized spacial score (nSPS) is 13.0. The number of hydrogen-bond acceptors (Lipinski definition) is 0. The average molecular weight is 771 g/mol. The summed E-state index contributed by atoms with van der Waals surface area (Å²) in [5, 5.41) is 7.63. The van der Waals surface area contributed by atoms with Gasteiger partial charge in [-0.25, -0.2) is 0 Å². The van der Waals surface area contributed by atoms with Crippen LogP contribution in [0.4, 0.5) is 0 Å². The van der Waals surface area contributed by atoms with E-state index in [2.05, 4.69) is 231 Å². The van der Waals surface area contributed by atoms with Crippen LogP contribution >= 0.6 is 0 Å². The summed E-state index contributed by atoms with van der Waals surface area (Å²) in [6.07, 6.45) is 0. The summed E-state index contributed by atoms with van der Waals surface area (Å²) < 4.78 is 0. The van der Waals surface area contributed by atoms with Crippen molar-refractivity contribution in [2.24, 2.45) is 0 Å². The van der Waals surface area contributed by atoms with E-state index >= 15 is 0 Å². The molecule has 2 aliphatic rings. The molecule has 0 aromatic heterocycles. The first-order valence-corrected chi connectivity index (χ1v) is 21.3. The van der Waals surface area contributed by atoms with Gasteiger partial charge in [0.1, 0.15) is 0 Å². The Morgan fingerprint density at radius 1 is 0.213 bits per heavy atom. The monoisotopic (exact) mass is 770 g/mol. The molecule has 2 aliphatic carbocycles. The summed E-state index contributed by atoms with van der Waals surface area (Å²) in [7, 11) is 0. The molecule has 61 heavy (non-hydrogen) atoms. The molecule has 0 amide bonds. The molecule has 0 saturated heterocycles. The lowest BCUT2D eigenvalue weighted by Crippen LogP contribution is -2.26. The fraction of sp³-hybridized carbons (Fsp3) is 0.0164. The van der Waals surface area contributed by atoms with Crippen LogP contribution < -0.4 is 0 Å². The maximum Gasteiger partial charge on any atom is 0.0731 e. The van der Waals surface area contributed by atoms with Gasteiger partial charge in [-0.15, -0.1) is 0 Å². The second kappa shape index (κ2) is 13.1. The molecular formula is C61H38. The lowest BCUT2D eigenvalue weighted by molar-refractivity contribution is 0.801. The van der Waals surface area contributed by atoms with Crippen molar-refractivity contribution in [3.05, 3.63) is 253 Å². The van der Waals surface area contributed by atoms with Crippen LogP contribution in [0.25, 0.3) is 99.1 Å². The maximum atomic E-state index is 2.53. The molecule has 0 nitrogen and oxygen atoms in total. The smallest absolute Gasteiger partial charge is 0.0622 e. The van der Waals surface area contributed by atoms with Gasteiger partial charge in [-0.2, -0.15) is 0 Å². The SMILES string of the molecule is c1ccc(-c2ccc(-c3ccc4c(c3)C3(c5ccccc5-c5ccccc53)c3c-4ccc4cc(-c5ccc(-c6ccccc6)c6ccccc56)ccc34)c3ccccc23)cc1. The van der Waals surface area contributed by atoms with E-state index in [1.54, 1.807) is 0 Å². The van der Waals surface area contributed by atoms with Crippen LogP contribution in [0, 0.1) is 0 Å². The summed E-state index contributed by atoms with van der Waals surface area (Å²) in [5.41, 5.74) is 20.2. The van der Waals surface area contributed by atoms with Gasteiger partial charge in [-0.1, -0.05) is 218 Å². The van der Waals surface area contributed by atoms with Gasteiger partial charge in [0.15, 0.2) is 0 Å². The van der Waals surface area contributed by atoms with Crippen LogP contribution in [0.1, 0.15) is 22.3 Å². The highest BCUT2D eigenvalue weighted by Gasteiger charge is 2.52. The van der Waals surface area contributed by atoms with Gasteiger partial charge in [0, 0.05) is 0 Å². The first-order valence-electron chi connectivity index (χ1n) is 21.3. The Kier molecular flexibility index (Phi) is 7.32. The molecule has 0 atom stereocenters. The lowest BCUT2D eigenvalue weighted by atomic mass is 9.69. The number of rotatable bonds is 4. The quantitative estimate of drug-likeness (QED) is 0.167. The largest absolute Gasteiger partial charge is 0.0731 e. The van der Waals surface area contributed by atoms with E-state index < -0.39 is 5.41 Å². The fourth-order valence-electron chi connectivity index (χ4n) is 11.2. The summed E-state index contributed by atoms with van der Waals surface area (Å²) in [5.74, 6) is 0. The highest BCUT2D eigenvalue weighted by Crippen LogP contribution is 2.64. The van der Waals surface area contributed by atoms with Crippen molar-refractivity contribution in [2.45, 2.75) is 5.41 Å². The zero-order valence-corrected chi connectivity index (χ0v) is 33.4. The van der Waals surface area contributed by atoms with Crippen LogP contribution in [0.3, 0.4) is 0 Å². The van der Waals surface area contributed by atoms with E-state index in [4.69, 9.17) is 0 Å². The Morgan fingerprint density at radius 2 is 0.607 bits per heavy atom. The molecule has 1 spiro atoms. The maximum absolute atomic E-state index is 2.53. The summed E-state index contributed by atoms with van der Waals surface area (Å²) in [6.45, 7) is 0. The van der Waals surface area contributed by atoms with Gasteiger partial charge in [0.05, 0.1) is 5.41 Å². The highest BCUT2D eigenvalue weighted by atomic mass is 14.5. The molecule has 0 saturated carbocycles. The second-order valence-corrected chi connectivity index (χ2v) is 16.7. The van der Waals surface area contributed by atoms with E-state index in [1.807, 2.05) is 0 Å². The minimum absolute atomic E-state index is 0.487. The lowest BCUT2D eigenvalue weighted by Gasteiger charge is -2.32. The van der Waals surface area contributed by atoms with Gasteiger partial charge < -0.3 is 0 Å². The van der Waals surface area contributed by atoms with Gasteiger partial charge in [-0.3, -0.25) is 0 Å². The van der Waals surface area contributed by atoms with E-state index in [0.29, 0.717) is 0 Å². The summed E-state index contributed by atoms with van der Waals surface area (Å²) in [6, 6.07) is 86.1. The van der Waals surface area contributed by atoms with Crippen molar-refractivity contribution in [1.29, 1.82) is 0 Å². The van der Waals surface area contributed by atoms with E-state index in [9.17, 15) is 0 Å². The van der Waals surface area contributed by atoms with Crippen LogP contribution in [-0.2, 0) is 5.41 Å². The van der Waals surface area contributed by atoms with Crippen molar-refractivity contribution < 1.29 is 0 Å². The molecule has 13 rings (SSSR count). The Balaban J connectivity index is 1.04. The third kappa shape index (κ3) is 4.82. The summed E-state index contributed by atoms with van der Waals surface area (Å²) >= 11 is 0. The molecule has 0 heterocycles. The van der Waals surface area contributed by atoms with Crippen LogP contribution in [-0.4, -0.2) is 0 Å². The third-order valence-corrected chi connectivity index (χ3v) is 13.7.